The lowest BCUT2D eigenvalue weighted by Gasteiger charge is -2.59. The first-order valence-electron chi connectivity index (χ1n) is 9.57. The van der Waals surface area contributed by atoms with E-state index < -0.39 is 52.4 Å². The highest BCUT2D eigenvalue weighted by molar-refractivity contribution is 6.02. The van der Waals surface area contributed by atoms with Crippen LogP contribution >= 0.6 is 0 Å². The third kappa shape index (κ3) is 1.94. The molecule has 0 aromatic rings. The molecule has 4 aliphatic rings. The summed E-state index contributed by atoms with van der Waals surface area (Å²) in [6, 6.07) is 0. The van der Waals surface area contributed by atoms with Crippen molar-refractivity contribution in [3.63, 3.8) is 0 Å². The summed E-state index contributed by atoms with van der Waals surface area (Å²) in [6.07, 6.45) is 0.834. The molecule has 3 aliphatic carbocycles. The van der Waals surface area contributed by atoms with Crippen molar-refractivity contribution in [2.24, 2.45) is 28.6 Å². The predicted molar refractivity (Wildman–Crippen MR) is 96.7 cm³/mol. The molecule has 0 spiro atoms. The van der Waals surface area contributed by atoms with Gasteiger partial charge in [-0.3, -0.25) is 14.4 Å². The van der Waals surface area contributed by atoms with Crippen molar-refractivity contribution < 1.29 is 34.1 Å². The van der Waals surface area contributed by atoms with E-state index in [2.05, 4.69) is 0 Å². The van der Waals surface area contributed by atoms with Crippen molar-refractivity contribution in [1.29, 1.82) is 0 Å². The number of ether oxygens (including phenoxy) is 2. The molecule has 2 bridgehead atoms. The predicted octanol–water partition coefficient (Wildman–Crippen LogP) is 0.931. The Morgan fingerprint density at radius 3 is 2.57 bits per heavy atom. The van der Waals surface area contributed by atoms with E-state index in [1.807, 2.05) is 0 Å². The molecule has 0 amide bonds. The Labute approximate surface area is 163 Å². The summed E-state index contributed by atoms with van der Waals surface area (Å²) >= 11 is 0. The van der Waals surface area contributed by atoms with Gasteiger partial charge in [0.05, 0.1) is 31.0 Å². The van der Waals surface area contributed by atoms with E-state index >= 15 is 0 Å². The van der Waals surface area contributed by atoms with Crippen LogP contribution in [-0.4, -0.2) is 52.9 Å². The molecule has 1 aliphatic heterocycles. The first kappa shape index (κ1) is 19.3. The number of hydrogen-bond acceptors (Lipinski definition) is 7. The van der Waals surface area contributed by atoms with Crippen LogP contribution < -0.4 is 0 Å². The van der Waals surface area contributed by atoms with E-state index in [-0.39, 0.29) is 18.1 Å². The van der Waals surface area contributed by atoms with Crippen molar-refractivity contribution in [3.8, 4) is 0 Å². The number of rotatable bonds is 2. The van der Waals surface area contributed by atoms with Crippen LogP contribution in [0.1, 0.15) is 34.1 Å². The minimum Gasteiger partial charge on any atom is -0.469 e. The van der Waals surface area contributed by atoms with E-state index in [4.69, 9.17) is 9.47 Å². The minimum atomic E-state index is -1.66. The van der Waals surface area contributed by atoms with E-state index in [0.29, 0.717) is 11.1 Å². The Balaban J connectivity index is 1.96. The largest absolute Gasteiger partial charge is 0.469 e. The molecule has 8 unspecified atom stereocenters. The van der Waals surface area contributed by atoms with Gasteiger partial charge >= 0.3 is 11.9 Å². The molecule has 0 aromatic carbocycles. The van der Waals surface area contributed by atoms with Crippen LogP contribution in [0.25, 0.3) is 0 Å². The van der Waals surface area contributed by atoms with Gasteiger partial charge in [-0.25, -0.2) is 0 Å². The number of hydrogen-bond donors (Lipinski definition) is 2. The first-order chi connectivity index (χ1) is 12.9. The van der Waals surface area contributed by atoms with Gasteiger partial charge < -0.3 is 19.7 Å². The average molecular weight is 390 g/mol. The second-order valence-corrected chi connectivity index (χ2v) is 9.12. The molecular weight excluding hydrogens is 364 g/mol. The van der Waals surface area contributed by atoms with Crippen LogP contribution in [0.2, 0.25) is 0 Å². The Morgan fingerprint density at radius 1 is 1.32 bits per heavy atom. The number of carbonyl (C=O) groups is 3. The number of allylic oxidation sites excluding steroid dienone is 2. The topological polar surface area (TPSA) is 110 Å². The SMILES string of the molecule is COC(=O)CC1(O)C=C(C)C2=CC(=O)C3(C)C4C(=O)OC(C4C)C(O)C3C21C. The van der Waals surface area contributed by atoms with Crippen LogP contribution in [-0.2, 0) is 23.9 Å². The molecule has 2 N–H and O–H groups in total. The molecule has 1 saturated heterocycles. The highest BCUT2D eigenvalue weighted by atomic mass is 16.6. The third-order valence-corrected chi connectivity index (χ3v) is 7.93. The molecule has 4 rings (SSSR count). The monoisotopic (exact) mass is 390 g/mol. The zero-order valence-corrected chi connectivity index (χ0v) is 16.7. The minimum absolute atomic E-state index is 0.256. The van der Waals surface area contributed by atoms with Crippen LogP contribution in [0.15, 0.2) is 23.3 Å². The summed E-state index contributed by atoms with van der Waals surface area (Å²) in [5.41, 5.74) is -2.80. The van der Waals surface area contributed by atoms with Gasteiger partial charge in [0.15, 0.2) is 5.78 Å². The van der Waals surface area contributed by atoms with E-state index in [1.54, 1.807) is 33.8 Å². The quantitative estimate of drug-likeness (QED) is 0.675. The molecule has 1 heterocycles. The van der Waals surface area contributed by atoms with Crippen molar-refractivity contribution in [2.75, 3.05) is 7.11 Å². The molecule has 7 heteroatoms. The van der Waals surface area contributed by atoms with Crippen LogP contribution in [0.4, 0.5) is 0 Å². The number of carbonyl (C=O) groups excluding carboxylic acids is 3. The van der Waals surface area contributed by atoms with Crippen molar-refractivity contribution >= 4 is 17.7 Å². The second-order valence-electron chi connectivity index (χ2n) is 9.12. The normalized spacial score (nSPS) is 49.0. The van der Waals surface area contributed by atoms with E-state index in [0.717, 1.165) is 0 Å². The molecule has 2 fully saturated rings. The fraction of sp³-hybridized carbons (Fsp3) is 0.667. The first-order valence-corrected chi connectivity index (χ1v) is 9.57. The summed E-state index contributed by atoms with van der Waals surface area (Å²) in [5.74, 6) is -3.18. The lowest BCUT2D eigenvalue weighted by atomic mass is 9.43. The maximum atomic E-state index is 13.3. The zero-order chi connectivity index (χ0) is 20.8. The molecule has 7 nitrogen and oxygen atoms in total. The number of fused-ring (bicyclic) bond motifs is 6. The van der Waals surface area contributed by atoms with Gasteiger partial charge in [0.2, 0.25) is 0 Å². The van der Waals surface area contributed by atoms with Gasteiger partial charge in [-0.05, 0) is 30.2 Å². The van der Waals surface area contributed by atoms with E-state index in [1.165, 1.54) is 13.2 Å². The molecular formula is C21H26O7. The van der Waals surface area contributed by atoms with Gasteiger partial charge in [-0.2, -0.15) is 0 Å². The maximum Gasteiger partial charge on any atom is 0.310 e. The maximum absolute atomic E-state index is 13.3. The summed E-state index contributed by atoms with van der Waals surface area (Å²) in [6.45, 7) is 7.01. The number of aliphatic hydroxyl groups is 2. The van der Waals surface area contributed by atoms with E-state index in [9.17, 15) is 24.6 Å². The Bertz CT molecular complexity index is 857. The third-order valence-electron chi connectivity index (χ3n) is 7.93. The van der Waals surface area contributed by atoms with Crippen LogP contribution in [0.3, 0.4) is 0 Å². The number of ketones is 1. The summed E-state index contributed by atoms with van der Waals surface area (Å²) in [7, 11) is 1.24. The summed E-state index contributed by atoms with van der Waals surface area (Å²) < 4.78 is 10.2. The van der Waals surface area contributed by atoms with Gasteiger partial charge in [-0.1, -0.05) is 20.8 Å². The van der Waals surface area contributed by atoms with Crippen molar-refractivity contribution in [1.82, 2.24) is 0 Å². The molecule has 1 saturated carbocycles. The fourth-order valence-corrected chi connectivity index (χ4v) is 6.62. The van der Waals surface area contributed by atoms with Crippen molar-refractivity contribution in [3.05, 3.63) is 23.3 Å². The molecule has 152 valence electrons. The number of methoxy groups -OCH3 is 1. The lowest BCUT2D eigenvalue weighted by Crippen LogP contribution is -2.67. The Morgan fingerprint density at radius 2 is 1.96 bits per heavy atom. The van der Waals surface area contributed by atoms with Crippen molar-refractivity contribution in [2.45, 2.75) is 51.9 Å². The number of aliphatic hydroxyl groups excluding tert-OH is 1. The zero-order valence-electron chi connectivity index (χ0n) is 16.7. The van der Waals surface area contributed by atoms with Gasteiger partial charge in [0.1, 0.15) is 11.7 Å². The average Bonchev–Trinajstić information content (AvgIpc) is 2.96. The Hall–Kier alpha value is -1.99. The van der Waals surface area contributed by atoms with Crippen LogP contribution in [0.5, 0.6) is 0 Å². The van der Waals surface area contributed by atoms with Gasteiger partial charge in [-0.15, -0.1) is 0 Å². The summed E-state index contributed by atoms with van der Waals surface area (Å²) in [5, 5.41) is 22.9. The molecule has 8 atom stereocenters. The Kier molecular flexibility index (Phi) is 3.83. The highest BCUT2D eigenvalue weighted by Crippen LogP contribution is 2.68. The second kappa shape index (κ2) is 5.54. The summed E-state index contributed by atoms with van der Waals surface area (Å²) in [4.78, 5) is 38.0. The highest BCUT2D eigenvalue weighted by Gasteiger charge is 2.75. The smallest absolute Gasteiger partial charge is 0.310 e. The lowest BCUT2D eigenvalue weighted by molar-refractivity contribution is -0.188. The molecule has 28 heavy (non-hydrogen) atoms. The van der Waals surface area contributed by atoms with Gasteiger partial charge in [0, 0.05) is 17.3 Å². The van der Waals surface area contributed by atoms with Gasteiger partial charge in [0.25, 0.3) is 0 Å². The molecule has 0 aromatic heterocycles. The van der Waals surface area contributed by atoms with Crippen LogP contribution in [0, 0.1) is 28.6 Å². The standard InChI is InChI=1S/C21H26O7/c1-9-7-21(26,8-13(23)27-5)20(4)11(9)6-12(22)19(3)14-10(2)16(28-18(14)25)15(24)17(19)20/h6-7,10,14-17,24,26H,8H2,1-5H3. The molecule has 0 radical (unpaired) electrons. The fourth-order valence-electron chi connectivity index (χ4n) is 6.62. The number of esters is 2.